The van der Waals surface area contributed by atoms with Crippen molar-refractivity contribution in [1.29, 1.82) is 0 Å². The normalized spacial score (nSPS) is 19.4. The Bertz CT molecular complexity index is 1040. The van der Waals surface area contributed by atoms with Gasteiger partial charge in [0.25, 0.3) is 0 Å². The Kier molecular flexibility index (Phi) is 5.81. The van der Waals surface area contributed by atoms with Crippen molar-refractivity contribution in [2.75, 3.05) is 26.2 Å². The maximum absolute atomic E-state index is 6.17. The Morgan fingerprint density at radius 1 is 1.13 bits per heavy atom. The molecule has 2 fully saturated rings. The number of hydrogen-bond donors (Lipinski definition) is 0. The average molecular weight is 439 g/mol. The highest BCUT2D eigenvalue weighted by molar-refractivity contribution is 6.31. The Hall–Kier alpha value is -2.24. The minimum atomic E-state index is 0.493. The molecule has 4 heterocycles. The third kappa shape index (κ3) is 4.26. The van der Waals surface area contributed by atoms with Gasteiger partial charge in [-0.25, -0.2) is 4.98 Å². The molecule has 0 spiro atoms. The van der Waals surface area contributed by atoms with Crippen LogP contribution in [0.1, 0.15) is 43.1 Å². The predicted octanol–water partition coefficient (Wildman–Crippen LogP) is 5.65. The van der Waals surface area contributed by atoms with Crippen molar-refractivity contribution in [2.24, 2.45) is 5.92 Å². The maximum Gasteiger partial charge on any atom is 0.106 e. The second kappa shape index (κ2) is 8.71. The van der Waals surface area contributed by atoms with Crippen LogP contribution in [0.15, 0.2) is 53.5 Å². The standard InChI is InChI=1S/C25H31ClN4O/c1-18(21-5-10-28(11-6-21)16-20-9-14-31-17-20)29-12-7-23(8-13-29)30-19(2)27-24-15-22(26)3-4-25(24)30/h3-4,9,14-15,17,21,23H,1,5-8,10-13,16H2,2H3. The summed E-state index contributed by atoms with van der Waals surface area (Å²) in [5, 5.41) is 0.749. The lowest BCUT2D eigenvalue weighted by molar-refractivity contribution is 0.154. The molecule has 6 heteroatoms. The van der Waals surface area contributed by atoms with Gasteiger partial charge < -0.3 is 13.9 Å². The monoisotopic (exact) mass is 438 g/mol. The van der Waals surface area contributed by atoms with Gasteiger partial charge in [0.15, 0.2) is 0 Å². The molecule has 0 radical (unpaired) electrons. The van der Waals surface area contributed by atoms with E-state index in [9.17, 15) is 0 Å². The molecule has 31 heavy (non-hydrogen) atoms. The Morgan fingerprint density at radius 2 is 1.90 bits per heavy atom. The van der Waals surface area contributed by atoms with E-state index in [-0.39, 0.29) is 0 Å². The predicted molar refractivity (Wildman–Crippen MR) is 125 cm³/mol. The molecule has 164 valence electrons. The van der Waals surface area contributed by atoms with E-state index in [2.05, 4.69) is 40.0 Å². The molecule has 3 aromatic rings. The molecule has 0 amide bonds. The van der Waals surface area contributed by atoms with E-state index in [1.54, 1.807) is 6.26 Å². The van der Waals surface area contributed by atoms with Gasteiger partial charge in [-0.05, 0) is 70.0 Å². The molecule has 0 aliphatic carbocycles. The fourth-order valence-corrected chi connectivity index (χ4v) is 5.55. The number of piperidine rings is 2. The summed E-state index contributed by atoms with van der Waals surface area (Å²) in [5.41, 5.74) is 4.81. The first-order chi connectivity index (χ1) is 15.1. The van der Waals surface area contributed by atoms with E-state index < -0.39 is 0 Å². The van der Waals surface area contributed by atoms with Gasteiger partial charge in [0.05, 0.1) is 23.6 Å². The fraction of sp³-hybridized carbons (Fsp3) is 0.480. The van der Waals surface area contributed by atoms with E-state index in [1.165, 1.54) is 29.6 Å². The molecule has 0 saturated carbocycles. The third-order valence-electron chi connectivity index (χ3n) is 7.11. The van der Waals surface area contributed by atoms with Gasteiger partial charge in [0, 0.05) is 47.9 Å². The smallest absolute Gasteiger partial charge is 0.106 e. The summed E-state index contributed by atoms with van der Waals surface area (Å²) < 4.78 is 7.62. The second-order valence-corrected chi connectivity index (χ2v) is 9.49. The Balaban J connectivity index is 1.17. The van der Waals surface area contributed by atoms with Crippen molar-refractivity contribution >= 4 is 22.6 Å². The number of furan rings is 1. The van der Waals surface area contributed by atoms with E-state index in [1.807, 2.05) is 18.4 Å². The van der Waals surface area contributed by atoms with E-state index >= 15 is 0 Å². The van der Waals surface area contributed by atoms with E-state index in [4.69, 9.17) is 21.0 Å². The molecule has 0 N–H and O–H groups in total. The Labute approximate surface area is 189 Å². The number of aromatic nitrogens is 2. The molecular formula is C25H31ClN4O. The highest BCUT2D eigenvalue weighted by Crippen LogP contribution is 2.33. The van der Waals surface area contributed by atoms with Gasteiger partial charge in [-0.1, -0.05) is 18.2 Å². The summed E-state index contributed by atoms with van der Waals surface area (Å²) in [5.74, 6) is 1.69. The largest absolute Gasteiger partial charge is 0.472 e. The molecular weight excluding hydrogens is 408 g/mol. The van der Waals surface area contributed by atoms with Crippen LogP contribution in [0, 0.1) is 12.8 Å². The summed E-state index contributed by atoms with van der Waals surface area (Å²) >= 11 is 6.17. The lowest BCUT2D eigenvalue weighted by Gasteiger charge is -2.41. The van der Waals surface area contributed by atoms with Crippen LogP contribution in [0.25, 0.3) is 11.0 Å². The summed E-state index contributed by atoms with van der Waals surface area (Å²) in [6.07, 6.45) is 8.28. The van der Waals surface area contributed by atoms with Crippen LogP contribution in [0.2, 0.25) is 5.02 Å². The summed E-state index contributed by atoms with van der Waals surface area (Å²) in [4.78, 5) is 9.81. The third-order valence-corrected chi connectivity index (χ3v) is 7.34. The number of halogens is 1. The molecule has 0 atom stereocenters. The summed E-state index contributed by atoms with van der Waals surface area (Å²) in [6, 6.07) is 8.61. The van der Waals surface area contributed by atoms with Crippen molar-refractivity contribution < 1.29 is 4.42 Å². The summed E-state index contributed by atoms with van der Waals surface area (Å²) in [6.45, 7) is 12.0. The quantitative estimate of drug-likeness (QED) is 0.515. The molecule has 2 aromatic heterocycles. The van der Waals surface area contributed by atoms with Crippen molar-refractivity contribution in [3.63, 3.8) is 0 Å². The fourth-order valence-electron chi connectivity index (χ4n) is 5.39. The highest BCUT2D eigenvalue weighted by atomic mass is 35.5. The SMILES string of the molecule is C=C(C1CCN(Cc2ccoc2)CC1)N1CCC(n2c(C)nc3cc(Cl)ccc32)CC1. The van der Waals surface area contributed by atoms with Gasteiger partial charge >= 0.3 is 0 Å². The van der Waals surface area contributed by atoms with Gasteiger partial charge in [0.2, 0.25) is 0 Å². The zero-order chi connectivity index (χ0) is 21.4. The number of fused-ring (bicyclic) bond motifs is 1. The first-order valence-corrected chi connectivity index (χ1v) is 11.8. The van der Waals surface area contributed by atoms with E-state index in [0.29, 0.717) is 12.0 Å². The molecule has 5 rings (SSSR count). The van der Waals surface area contributed by atoms with Crippen molar-refractivity contribution in [1.82, 2.24) is 19.4 Å². The first-order valence-electron chi connectivity index (χ1n) is 11.4. The zero-order valence-corrected chi connectivity index (χ0v) is 19.0. The Morgan fingerprint density at radius 3 is 2.61 bits per heavy atom. The van der Waals surface area contributed by atoms with Crippen LogP contribution in [0.4, 0.5) is 0 Å². The number of imidazole rings is 1. The molecule has 2 saturated heterocycles. The lowest BCUT2D eigenvalue weighted by atomic mass is 9.91. The highest BCUT2D eigenvalue weighted by Gasteiger charge is 2.28. The minimum Gasteiger partial charge on any atom is -0.472 e. The van der Waals surface area contributed by atoms with Crippen LogP contribution in [0.3, 0.4) is 0 Å². The van der Waals surface area contributed by atoms with Crippen LogP contribution in [0.5, 0.6) is 0 Å². The molecule has 2 aliphatic heterocycles. The summed E-state index contributed by atoms with van der Waals surface area (Å²) in [7, 11) is 0. The topological polar surface area (TPSA) is 37.4 Å². The van der Waals surface area contributed by atoms with Crippen LogP contribution >= 0.6 is 11.6 Å². The molecule has 2 aliphatic rings. The van der Waals surface area contributed by atoms with Crippen LogP contribution in [-0.2, 0) is 6.54 Å². The van der Waals surface area contributed by atoms with E-state index in [0.717, 1.165) is 61.9 Å². The number of hydrogen-bond acceptors (Lipinski definition) is 4. The minimum absolute atomic E-state index is 0.493. The number of nitrogens with zero attached hydrogens (tertiary/aromatic N) is 4. The number of likely N-dealkylation sites (tertiary alicyclic amines) is 2. The van der Waals surface area contributed by atoms with Crippen molar-refractivity contribution in [2.45, 2.75) is 45.2 Å². The maximum atomic E-state index is 6.17. The molecule has 5 nitrogen and oxygen atoms in total. The van der Waals surface area contributed by atoms with Gasteiger partial charge in [0.1, 0.15) is 5.82 Å². The molecule has 1 aromatic carbocycles. The van der Waals surface area contributed by atoms with Crippen LogP contribution < -0.4 is 0 Å². The number of aryl methyl sites for hydroxylation is 1. The number of benzene rings is 1. The van der Waals surface area contributed by atoms with Crippen molar-refractivity contribution in [3.05, 3.63) is 65.5 Å². The average Bonchev–Trinajstić information content (AvgIpc) is 3.40. The second-order valence-electron chi connectivity index (χ2n) is 9.05. The number of allylic oxidation sites excluding steroid dienone is 1. The zero-order valence-electron chi connectivity index (χ0n) is 18.3. The first kappa shape index (κ1) is 20.7. The molecule has 0 unspecified atom stereocenters. The van der Waals surface area contributed by atoms with Crippen LogP contribution in [-0.4, -0.2) is 45.5 Å². The van der Waals surface area contributed by atoms with Gasteiger partial charge in [-0.3, -0.25) is 4.90 Å². The lowest BCUT2D eigenvalue weighted by Crippen LogP contribution is -2.40. The van der Waals surface area contributed by atoms with Gasteiger partial charge in [-0.2, -0.15) is 0 Å². The molecule has 0 bridgehead atoms. The number of rotatable bonds is 5. The van der Waals surface area contributed by atoms with Gasteiger partial charge in [-0.15, -0.1) is 0 Å². The van der Waals surface area contributed by atoms with Crippen molar-refractivity contribution in [3.8, 4) is 0 Å².